The predicted molar refractivity (Wildman–Crippen MR) is 123 cm³/mol. The minimum absolute atomic E-state index is 0.155. The van der Waals surface area contributed by atoms with Crippen LogP contribution in [0, 0.1) is 11.7 Å². The Morgan fingerprint density at radius 2 is 1.94 bits per heavy atom. The molecule has 166 valence electrons. The minimum Gasteiger partial charge on any atom is -0.490 e. The van der Waals surface area contributed by atoms with E-state index >= 15 is 4.39 Å². The van der Waals surface area contributed by atoms with E-state index in [1.807, 2.05) is 24.3 Å². The normalized spacial score (nSPS) is 22.5. The minimum atomic E-state index is -0.453. The fraction of sp³-hybridized carbons (Fsp3) is 0.407. The second kappa shape index (κ2) is 8.53. The molecule has 3 aliphatic rings. The molecule has 0 saturated heterocycles. The third-order valence-electron chi connectivity index (χ3n) is 7.04. The summed E-state index contributed by atoms with van der Waals surface area (Å²) in [4.78, 5) is 16.1. The zero-order chi connectivity index (χ0) is 22.2. The van der Waals surface area contributed by atoms with E-state index in [-0.39, 0.29) is 17.8 Å². The summed E-state index contributed by atoms with van der Waals surface area (Å²) < 4.78 is 26.3. The van der Waals surface area contributed by atoms with Gasteiger partial charge in [-0.3, -0.25) is 0 Å². The van der Waals surface area contributed by atoms with Gasteiger partial charge in [0.15, 0.2) is 5.70 Å². The molecule has 2 fully saturated rings. The van der Waals surface area contributed by atoms with Crippen molar-refractivity contribution in [2.24, 2.45) is 10.9 Å². The maximum absolute atomic E-state index is 15.0. The topological polar surface area (TPSA) is 47.9 Å². The van der Waals surface area contributed by atoms with Crippen LogP contribution in [-0.4, -0.2) is 25.4 Å². The van der Waals surface area contributed by atoms with Gasteiger partial charge in [0.25, 0.3) is 0 Å². The lowest BCUT2D eigenvalue weighted by atomic mass is 9.76. The molecule has 0 bridgehead atoms. The molecule has 4 nitrogen and oxygen atoms in total. The molecule has 0 amide bonds. The van der Waals surface area contributed by atoms with Crippen LogP contribution in [0.3, 0.4) is 0 Å². The van der Waals surface area contributed by atoms with Gasteiger partial charge in [0.05, 0.1) is 13.2 Å². The van der Waals surface area contributed by atoms with Gasteiger partial charge in [0.2, 0.25) is 0 Å². The molecular formula is C27H28FNO3. The molecule has 0 radical (unpaired) electrons. The molecule has 2 aromatic carbocycles. The molecule has 0 N–H and O–H groups in total. The van der Waals surface area contributed by atoms with Crippen molar-refractivity contribution in [1.29, 1.82) is 0 Å². The van der Waals surface area contributed by atoms with Crippen molar-refractivity contribution in [1.82, 2.24) is 0 Å². The van der Waals surface area contributed by atoms with Crippen LogP contribution in [0.1, 0.15) is 62.5 Å². The average Bonchev–Trinajstić information content (AvgIpc) is 3.13. The highest BCUT2D eigenvalue weighted by Gasteiger charge is 2.29. The van der Waals surface area contributed by atoms with E-state index in [4.69, 9.17) is 9.47 Å². The van der Waals surface area contributed by atoms with Crippen molar-refractivity contribution in [2.45, 2.75) is 57.5 Å². The Morgan fingerprint density at radius 1 is 1.09 bits per heavy atom. The number of rotatable bonds is 6. The first-order valence-corrected chi connectivity index (χ1v) is 11.5. The van der Waals surface area contributed by atoms with Gasteiger partial charge >= 0.3 is 5.97 Å². The molecule has 2 atom stereocenters. The van der Waals surface area contributed by atoms with Crippen LogP contribution < -0.4 is 4.74 Å². The summed E-state index contributed by atoms with van der Waals surface area (Å²) in [6.07, 6.45) is 8.22. The lowest BCUT2D eigenvalue weighted by Crippen LogP contribution is -2.15. The molecule has 2 aromatic rings. The molecule has 0 aromatic heterocycles. The van der Waals surface area contributed by atoms with Crippen LogP contribution in [0.2, 0.25) is 0 Å². The zero-order valence-corrected chi connectivity index (χ0v) is 18.6. The number of allylic oxidation sites excluding steroid dienone is 1. The van der Waals surface area contributed by atoms with Gasteiger partial charge < -0.3 is 9.47 Å². The van der Waals surface area contributed by atoms with E-state index in [0.29, 0.717) is 11.6 Å². The first kappa shape index (κ1) is 20.9. The summed E-state index contributed by atoms with van der Waals surface area (Å²) in [6.45, 7) is 2.26. The van der Waals surface area contributed by atoms with Crippen molar-refractivity contribution >= 4 is 17.8 Å². The number of hydrogen-bond donors (Lipinski definition) is 0. The highest BCUT2D eigenvalue weighted by molar-refractivity contribution is 6.24. The molecular weight excluding hydrogens is 405 g/mol. The molecule has 0 spiro atoms. The van der Waals surface area contributed by atoms with Crippen molar-refractivity contribution in [3.05, 3.63) is 59.0 Å². The molecule has 2 aliphatic carbocycles. The fourth-order valence-electron chi connectivity index (χ4n) is 5.00. The lowest BCUT2D eigenvalue weighted by Gasteiger charge is -2.29. The van der Waals surface area contributed by atoms with Gasteiger partial charge in [-0.1, -0.05) is 31.5 Å². The Labute approximate surface area is 188 Å². The molecule has 5 rings (SSSR count). The van der Waals surface area contributed by atoms with E-state index in [0.717, 1.165) is 72.1 Å². The molecule has 1 aliphatic heterocycles. The van der Waals surface area contributed by atoms with Gasteiger partial charge in [-0.25, -0.2) is 14.2 Å². The highest BCUT2D eigenvalue weighted by Crippen LogP contribution is 2.46. The number of carbonyl (C=O) groups is 1. The van der Waals surface area contributed by atoms with E-state index in [1.54, 1.807) is 18.3 Å². The molecule has 5 heteroatoms. The van der Waals surface area contributed by atoms with Gasteiger partial charge in [-0.2, -0.15) is 0 Å². The third kappa shape index (κ3) is 3.74. The summed E-state index contributed by atoms with van der Waals surface area (Å²) in [6, 6.07) is 11.2. The Morgan fingerprint density at radius 3 is 2.56 bits per heavy atom. The van der Waals surface area contributed by atoms with E-state index in [2.05, 4.69) is 11.9 Å². The zero-order valence-electron chi connectivity index (χ0n) is 18.6. The van der Waals surface area contributed by atoms with Crippen molar-refractivity contribution in [3.63, 3.8) is 0 Å². The number of hydrogen-bond acceptors (Lipinski definition) is 4. The standard InChI is InChI=1S/C27H28FNO3/c1-16-9-11-19(13-16)32-24-12-10-18(22-15-29-26(22)27(30)31-2)14-21(24)20-7-4-8-23(28)25(20)17-5-3-6-17/h4,7-8,10,12,14-17,19H,3,5-6,9,11,13H2,1-2H3/t16?,19-/m1/s1. The summed E-state index contributed by atoms with van der Waals surface area (Å²) in [5.41, 5.74) is 4.45. The summed E-state index contributed by atoms with van der Waals surface area (Å²) in [5, 5.41) is 0. The number of methoxy groups -OCH3 is 1. The highest BCUT2D eigenvalue weighted by atomic mass is 19.1. The van der Waals surface area contributed by atoms with E-state index < -0.39 is 5.97 Å². The number of ether oxygens (including phenoxy) is 2. The first-order chi connectivity index (χ1) is 15.5. The largest absolute Gasteiger partial charge is 0.490 e. The maximum Gasteiger partial charge on any atom is 0.357 e. The Hall–Kier alpha value is -2.95. The third-order valence-corrected chi connectivity index (χ3v) is 7.04. The van der Waals surface area contributed by atoms with Gasteiger partial charge in [-0.15, -0.1) is 0 Å². The second-order valence-electron chi connectivity index (χ2n) is 9.21. The van der Waals surface area contributed by atoms with Gasteiger partial charge in [0, 0.05) is 17.4 Å². The van der Waals surface area contributed by atoms with Crippen LogP contribution in [0.5, 0.6) is 5.75 Å². The predicted octanol–water partition coefficient (Wildman–Crippen LogP) is 6.30. The smallest absolute Gasteiger partial charge is 0.357 e. The quantitative estimate of drug-likeness (QED) is 0.503. The van der Waals surface area contributed by atoms with Crippen LogP contribution in [0.15, 0.2) is 47.1 Å². The average molecular weight is 434 g/mol. The SMILES string of the molecule is COC(=O)C1=C(c2ccc(O[C@@H]3CCC(C)C3)c(-c3cccc(F)c3C3CCC3)c2)C=N1. The molecule has 2 saturated carbocycles. The van der Waals surface area contributed by atoms with Crippen molar-refractivity contribution in [3.8, 4) is 16.9 Å². The van der Waals surface area contributed by atoms with Crippen LogP contribution in [-0.2, 0) is 9.53 Å². The van der Waals surface area contributed by atoms with Gasteiger partial charge in [-0.05, 0) is 78.8 Å². The summed E-state index contributed by atoms with van der Waals surface area (Å²) in [5.74, 6) is 1.06. The van der Waals surface area contributed by atoms with Gasteiger partial charge in [0.1, 0.15) is 11.6 Å². The van der Waals surface area contributed by atoms with Crippen LogP contribution in [0.4, 0.5) is 4.39 Å². The second-order valence-corrected chi connectivity index (χ2v) is 9.21. The Bertz CT molecular complexity index is 1120. The number of carbonyl (C=O) groups excluding carboxylic acids is 1. The number of esters is 1. The summed E-state index contributed by atoms with van der Waals surface area (Å²) in [7, 11) is 1.35. The molecule has 1 unspecified atom stereocenters. The van der Waals surface area contributed by atoms with Crippen LogP contribution in [0.25, 0.3) is 16.7 Å². The Balaban J connectivity index is 1.60. The number of halogens is 1. The van der Waals surface area contributed by atoms with Crippen molar-refractivity contribution < 1.29 is 18.7 Å². The number of benzene rings is 2. The maximum atomic E-state index is 15.0. The fourth-order valence-corrected chi connectivity index (χ4v) is 5.00. The Kier molecular flexibility index (Phi) is 5.58. The summed E-state index contributed by atoms with van der Waals surface area (Å²) >= 11 is 0. The molecule has 32 heavy (non-hydrogen) atoms. The lowest BCUT2D eigenvalue weighted by molar-refractivity contribution is -0.136. The monoisotopic (exact) mass is 433 g/mol. The first-order valence-electron chi connectivity index (χ1n) is 11.5. The van der Waals surface area contributed by atoms with E-state index in [1.165, 1.54) is 7.11 Å². The number of nitrogens with zero attached hydrogens (tertiary/aromatic N) is 1. The van der Waals surface area contributed by atoms with E-state index in [9.17, 15) is 4.79 Å². The molecule has 1 heterocycles. The van der Waals surface area contributed by atoms with Crippen LogP contribution >= 0.6 is 0 Å². The van der Waals surface area contributed by atoms with Crippen molar-refractivity contribution in [2.75, 3.05) is 7.11 Å². The number of aliphatic imine (C=N–C) groups is 1.